The molecule has 1 unspecified atom stereocenters. The van der Waals surface area contributed by atoms with Crippen molar-refractivity contribution in [3.8, 4) is 0 Å². The second kappa shape index (κ2) is 3.24. The van der Waals surface area contributed by atoms with Crippen LogP contribution in [0.4, 0.5) is 0 Å². The molecular weight excluding hydrogens is 152 g/mol. The molecule has 1 atom stereocenters. The maximum atomic E-state index is 10.4. The Morgan fingerprint density at radius 3 is 2.20 bits per heavy atom. The molecule has 0 heterocycles. The largest absolute Gasteiger partial charge is 0.480 e. The summed E-state index contributed by atoms with van der Waals surface area (Å²) in [5.41, 5.74) is -0.312. The van der Waals surface area contributed by atoms with Gasteiger partial charge in [-0.2, -0.15) is 0 Å². The van der Waals surface area contributed by atoms with E-state index in [0.717, 1.165) is 6.42 Å². The van der Waals surface area contributed by atoms with Crippen molar-refractivity contribution < 1.29 is 9.90 Å². The third-order valence-electron chi connectivity index (χ3n) is 1.81. The summed E-state index contributed by atoms with van der Waals surface area (Å²) in [6.45, 7) is 5.62. The molecular formula is C7H13ClO2. The van der Waals surface area contributed by atoms with E-state index in [0.29, 0.717) is 0 Å². The van der Waals surface area contributed by atoms with Crippen molar-refractivity contribution in [3.63, 3.8) is 0 Å². The summed E-state index contributed by atoms with van der Waals surface area (Å²) in [4.78, 5) is 10.4. The zero-order chi connectivity index (χ0) is 8.36. The summed E-state index contributed by atoms with van der Waals surface area (Å²) in [7, 11) is 0. The molecule has 0 aromatic carbocycles. The van der Waals surface area contributed by atoms with Crippen LogP contribution in [-0.2, 0) is 4.79 Å². The fraction of sp³-hybridized carbons (Fsp3) is 0.857. The van der Waals surface area contributed by atoms with Gasteiger partial charge in [0.2, 0.25) is 0 Å². The van der Waals surface area contributed by atoms with Crippen LogP contribution in [0.5, 0.6) is 0 Å². The van der Waals surface area contributed by atoms with Gasteiger partial charge in [-0.25, -0.2) is 0 Å². The normalized spacial score (nSPS) is 14.8. The van der Waals surface area contributed by atoms with Crippen molar-refractivity contribution in [1.29, 1.82) is 0 Å². The van der Waals surface area contributed by atoms with Gasteiger partial charge in [-0.05, 0) is 11.8 Å². The van der Waals surface area contributed by atoms with Crippen molar-refractivity contribution in [1.82, 2.24) is 0 Å². The van der Waals surface area contributed by atoms with E-state index in [4.69, 9.17) is 16.7 Å². The molecule has 0 radical (unpaired) electrons. The SMILES string of the molecule is CCC(C)(C)C(Cl)C(=O)O. The maximum Gasteiger partial charge on any atom is 0.322 e. The third kappa shape index (κ3) is 2.18. The Bertz CT molecular complexity index is 132. The van der Waals surface area contributed by atoms with Crippen LogP contribution in [0.2, 0.25) is 0 Å². The smallest absolute Gasteiger partial charge is 0.322 e. The fourth-order valence-electron chi connectivity index (χ4n) is 0.513. The van der Waals surface area contributed by atoms with E-state index < -0.39 is 11.3 Å². The Balaban J connectivity index is 4.17. The van der Waals surface area contributed by atoms with Crippen molar-refractivity contribution in [2.75, 3.05) is 0 Å². The van der Waals surface area contributed by atoms with Crippen LogP contribution in [0.25, 0.3) is 0 Å². The first-order valence-corrected chi connectivity index (χ1v) is 3.72. The highest BCUT2D eigenvalue weighted by molar-refractivity contribution is 6.30. The maximum absolute atomic E-state index is 10.4. The van der Waals surface area contributed by atoms with E-state index in [1.807, 2.05) is 20.8 Å². The standard InChI is InChI=1S/C7H13ClO2/c1-4-7(2,3)5(8)6(9)10/h5H,4H2,1-3H3,(H,9,10). The van der Waals surface area contributed by atoms with Gasteiger partial charge in [0.1, 0.15) is 5.38 Å². The molecule has 0 aliphatic rings. The summed E-state index contributed by atoms with van der Waals surface area (Å²) in [5, 5.41) is 7.74. The number of aliphatic carboxylic acids is 1. The molecule has 0 aromatic heterocycles. The highest BCUT2D eigenvalue weighted by atomic mass is 35.5. The molecule has 0 saturated carbocycles. The van der Waals surface area contributed by atoms with Gasteiger partial charge in [0.15, 0.2) is 0 Å². The van der Waals surface area contributed by atoms with Crippen molar-refractivity contribution in [2.45, 2.75) is 32.6 Å². The Morgan fingerprint density at radius 2 is 2.10 bits per heavy atom. The molecule has 2 nitrogen and oxygen atoms in total. The predicted molar refractivity (Wildman–Crippen MR) is 41.3 cm³/mol. The van der Waals surface area contributed by atoms with Gasteiger partial charge in [0.05, 0.1) is 0 Å². The van der Waals surface area contributed by atoms with Crippen LogP contribution >= 0.6 is 11.6 Å². The second-order valence-corrected chi connectivity index (χ2v) is 3.48. The molecule has 1 N–H and O–H groups in total. The van der Waals surface area contributed by atoms with Gasteiger partial charge in [-0.3, -0.25) is 4.79 Å². The van der Waals surface area contributed by atoms with Gasteiger partial charge in [-0.1, -0.05) is 20.8 Å². The number of alkyl halides is 1. The minimum absolute atomic E-state index is 0.312. The number of rotatable bonds is 3. The average Bonchev–Trinajstić information content (AvgIpc) is 1.86. The number of carboxylic acid groups (broad SMARTS) is 1. The highest BCUT2D eigenvalue weighted by Crippen LogP contribution is 2.28. The van der Waals surface area contributed by atoms with E-state index in [1.54, 1.807) is 0 Å². The predicted octanol–water partition coefficient (Wildman–Crippen LogP) is 2.11. The average molecular weight is 165 g/mol. The molecule has 3 heteroatoms. The quantitative estimate of drug-likeness (QED) is 0.649. The molecule has 0 aromatic rings. The summed E-state index contributed by atoms with van der Waals surface area (Å²) >= 11 is 5.61. The lowest BCUT2D eigenvalue weighted by Crippen LogP contribution is -2.31. The minimum atomic E-state index is -0.937. The van der Waals surface area contributed by atoms with E-state index >= 15 is 0 Å². The van der Waals surface area contributed by atoms with Gasteiger partial charge in [0.25, 0.3) is 0 Å². The molecule has 0 aliphatic carbocycles. The molecule has 0 aliphatic heterocycles. The Kier molecular flexibility index (Phi) is 3.16. The van der Waals surface area contributed by atoms with Crippen LogP contribution in [0.3, 0.4) is 0 Å². The highest BCUT2D eigenvalue weighted by Gasteiger charge is 2.31. The van der Waals surface area contributed by atoms with Crippen molar-refractivity contribution in [2.24, 2.45) is 5.41 Å². The Morgan fingerprint density at radius 1 is 1.70 bits per heavy atom. The van der Waals surface area contributed by atoms with Gasteiger partial charge < -0.3 is 5.11 Å². The lowest BCUT2D eigenvalue weighted by atomic mass is 9.86. The number of hydrogen-bond donors (Lipinski definition) is 1. The van der Waals surface area contributed by atoms with Crippen molar-refractivity contribution >= 4 is 17.6 Å². The number of halogens is 1. The Labute approximate surface area is 66.2 Å². The molecule has 0 saturated heterocycles. The zero-order valence-electron chi connectivity index (χ0n) is 6.52. The molecule has 0 spiro atoms. The van der Waals surface area contributed by atoms with Crippen LogP contribution in [0.1, 0.15) is 27.2 Å². The molecule has 10 heavy (non-hydrogen) atoms. The summed E-state index contributed by atoms with van der Waals surface area (Å²) in [5.74, 6) is -0.937. The van der Waals surface area contributed by atoms with Crippen LogP contribution in [0.15, 0.2) is 0 Å². The monoisotopic (exact) mass is 164 g/mol. The lowest BCUT2D eigenvalue weighted by Gasteiger charge is -2.24. The molecule has 0 bridgehead atoms. The van der Waals surface area contributed by atoms with E-state index in [1.165, 1.54) is 0 Å². The minimum Gasteiger partial charge on any atom is -0.480 e. The first-order chi connectivity index (χ1) is 4.41. The summed E-state index contributed by atoms with van der Waals surface area (Å²) < 4.78 is 0. The van der Waals surface area contributed by atoms with E-state index in [2.05, 4.69) is 0 Å². The van der Waals surface area contributed by atoms with Gasteiger partial charge >= 0.3 is 5.97 Å². The fourth-order valence-corrected chi connectivity index (χ4v) is 0.668. The molecule has 60 valence electrons. The first kappa shape index (κ1) is 9.76. The van der Waals surface area contributed by atoms with Crippen molar-refractivity contribution in [3.05, 3.63) is 0 Å². The zero-order valence-corrected chi connectivity index (χ0v) is 7.27. The Hall–Kier alpha value is -0.240. The number of carbonyl (C=O) groups is 1. The first-order valence-electron chi connectivity index (χ1n) is 3.28. The van der Waals surface area contributed by atoms with Crippen LogP contribution in [-0.4, -0.2) is 16.5 Å². The third-order valence-corrected chi connectivity index (χ3v) is 2.59. The molecule has 0 rings (SSSR count). The second-order valence-electron chi connectivity index (χ2n) is 3.04. The summed E-state index contributed by atoms with van der Waals surface area (Å²) in [6.07, 6.45) is 0.771. The van der Waals surface area contributed by atoms with Crippen LogP contribution in [0, 0.1) is 5.41 Å². The van der Waals surface area contributed by atoms with E-state index in [-0.39, 0.29) is 5.41 Å². The van der Waals surface area contributed by atoms with Crippen LogP contribution < -0.4 is 0 Å². The van der Waals surface area contributed by atoms with E-state index in [9.17, 15) is 4.79 Å². The number of carboxylic acids is 1. The lowest BCUT2D eigenvalue weighted by molar-refractivity contribution is -0.138. The number of hydrogen-bond acceptors (Lipinski definition) is 1. The molecule has 0 amide bonds. The molecule has 0 fully saturated rings. The topological polar surface area (TPSA) is 37.3 Å². The van der Waals surface area contributed by atoms with Gasteiger partial charge in [0, 0.05) is 0 Å². The summed E-state index contributed by atoms with van der Waals surface area (Å²) in [6, 6.07) is 0. The van der Waals surface area contributed by atoms with Gasteiger partial charge in [-0.15, -0.1) is 11.6 Å².